The van der Waals surface area contributed by atoms with E-state index in [4.69, 9.17) is 13.9 Å². The maximum atomic E-state index is 11.6. The number of unbranched alkanes of at least 4 members (excludes halogenated alkanes) is 1. The lowest BCUT2D eigenvalue weighted by atomic mass is 10.2. The molecule has 7 heteroatoms. The van der Waals surface area contributed by atoms with Gasteiger partial charge in [0.1, 0.15) is 23.6 Å². The summed E-state index contributed by atoms with van der Waals surface area (Å²) in [6.07, 6.45) is 2.02. The Morgan fingerprint density at radius 1 is 1.29 bits per heavy atom. The number of hydrogen-bond acceptors (Lipinski definition) is 5. The van der Waals surface area contributed by atoms with Gasteiger partial charge in [-0.2, -0.15) is 0 Å². The van der Waals surface area contributed by atoms with Crippen LogP contribution < -0.4 is 10.6 Å². The molecule has 24 heavy (non-hydrogen) atoms. The van der Waals surface area contributed by atoms with E-state index in [-0.39, 0.29) is 0 Å². The lowest BCUT2D eigenvalue weighted by molar-refractivity contribution is 0.0599. The van der Waals surface area contributed by atoms with Crippen molar-refractivity contribution >= 4 is 11.9 Å². The van der Waals surface area contributed by atoms with Crippen LogP contribution in [-0.4, -0.2) is 45.3 Å². The number of rotatable bonds is 10. The molecule has 0 spiro atoms. The van der Waals surface area contributed by atoms with Crippen LogP contribution in [-0.2, 0) is 16.0 Å². The average molecular weight is 339 g/mol. The number of hydrogen-bond donors (Lipinski definition) is 2. The number of furan rings is 1. The van der Waals surface area contributed by atoms with Crippen molar-refractivity contribution in [3.05, 3.63) is 23.2 Å². The Morgan fingerprint density at radius 2 is 2.08 bits per heavy atom. The minimum atomic E-state index is -0.397. The molecule has 1 heterocycles. The molecule has 0 amide bonds. The van der Waals surface area contributed by atoms with Crippen molar-refractivity contribution in [3.8, 4) is 0 Å². The summed E-state index contributed by atoms with van der Waals surface area (Å²) in [7, 11) is 1.35. The van der Waals surface area contributed by atoms with Gasteiger partial charge in [-0.3, -0.25) is 0 Å². The molecule has 1 aromatic rings. The monoisotopic (exact) mass is 339 g/mol. The summed E-state index contributed by atoms with van der Waals surface area (Å²) in [6.45, 7) is 9.24. The van der Waals surface area contributed by atoms with Gasteiger partial charge in [-0.05, 0) is 39.7 Å². The van der Waals surface area contributed by atoms with E-state index < -0.39 is 5.97 Å². The van der Waals surface area contributed by atoms with Gasteiger partial charge in [0.2, 0.25) is 0 Å². The number of ether oxygens (including phenoxy) is 2. The zero-order valence-corrected chi connectivity index (χ0v) is 15.1. The van der Waals surface area contributed by atoms with Gasteiger partial charge in [0.15, 0.2) is 5.96 Å². The molecule has 136 valence electrons. The third kappa shape index (κ3) is 7.04. The minimum absolute atomic E-state index is 0.353. The maximum Gasteiger partial charge on any atom is 0.341 e. The molecule has 7 nitrogen and oxygen atoms in total. The first-order valence-electron chi connectivity index (χ1n) is 8.39. The van der Waals surface area contributed by atoms with Crippen LogP contribution in [0.15, 0.2) is 15.5 Å². The number of guanidine groups is 1. The van der Waals surface area contributed by atoms with E-state index >= 15 is 0 Å². The quantitative estimate of drug-likeness (QED) is 0.294. The van der Waals surface area contributed by atoms with Crippen molar-refractivity contribution in [1.29, 1.82) is 0 Å². The number of nitrogens with zero attached hydrogens (tertiary/aromatic N) is 1. The van der Waals surface area contributed by atoms with Crippen molar-refractivity contribution in [2.75, 3.05) is 33.4 Å². The van der Waals surface area contributed by atoms with E-state index in [1.807, 2.05) is 13.8 Å². The fourth-order valence-corrected chi connectivity index (χ4v) is 2.11. The number of carbonyl (C=O) groups excluding carboxylic acids is 1. The van der Waals surface area contributed by atoms with Crippen molar-refractivity contribution in [2.24, 2.45) is 4.99 Å². The molecule has 0 saturated heterocycles. The molecular formula is C17H29N3O4. The minimum Gasteiger partial charge on any atom is -0.465 e. The van der Waals surface area contributed by atoms with E-state index in [0.717, 1.165) is 45.1 Å². The largest absolute Gasteiger partial charge is 0.465 e. The topological polar surface area (TPSA) is 85.1 Å². The Balaban J connectivity index is 2.51. The van der Waals surface area contributed by atoms with Crippen molar-refractivity contribution < 1.29 is 18.7 Å². The van der Waals surface area contributed by atoms with Gasteiger partial charge in [-0.25, -0.2) is 9.79 Å². The predicted octanol–water partition coefficient (Wildman–Crippen LogP) is 2.25. The molecule has 2 N–H and O–H groups in total. The fourth-order valence-electron chi connectivity index (χ4n) is 2.11. The summed E-state index contributed by atoms with van der Waals surface area (Å²) >= 11 is 0. The number of aliphatic imine (C=N–C) groups is 1. The lowest BCUT2D eigenvalue weighted by Crippen LogP contribution is -2.37. The van der Waals surface area contributed by atoms with Gasteiger partial charge in [-0.1, -0.05) is 0 Å². The maximum absolute atomic E-state index is 11.6. The third-order valence-electron chi connectivity index (χ3n) is 3.32. The summed E-state index contributed by atoms with van der Waals surface area (Å²) in [5.74, 6) is 1.50. The van der Waals surface area contributed by atoms with Gasteiger partial charge in [0.25, 0.3) is 0 Å². The second kappa shape index (κ2) is 11.5. The molecule has 0 aliphatic carbocycles. The first-order valence-corrected chi connectivity index (χ1v) is 8.39. The Hall–Kier alpha value is -2.02. The van der Waals surface area contributed by atoms with Crippen LogP contribution in [0.2, 0.25) is 0 Å². The molecule has 1 rings (SSSR count). The van der Waals surface area contributed by atoms with E-state index in [0.29, 0.717) is 23.6 Å². The van der Waals surface area contributed by atoms with Crippen LogP contribution in [0, 0.1) is 6.92 Å². The molecule has 0 aliphatic rings. The standard InChI is InChI=1S/C17H29N3O4/c1-5-18-17(19-9-7-8-10-23-6-2)20-12-14-11-15(13(3)24-14)16(21)22-4/h11H,5-10,12H2,1-4H3,(H2,18,19,20). The number of carbonyl (C=O) groups is 1. The normalized spacial score (nSPS) is 11.4. The molecule has 1 aromatic heterocycles. The van der Waals surface area contributed by atoms with Crippen LogP contribution in [0.5, 0.6) is 0 Å². The highest BCUT2D eigenvalue weighted by molar-refractivity contribution is 5.90. The predicted molar refractivity (Wildman–Crippen MR) is 93.3 cm³/mol. The highest BCUT2D eigenvalue weighted by Gasteiger charge is 2.15. The van der Waals surface area contributed by atoms with Crippen LogP contribution >= 0.6 is 0 Å². The number of nitrogens with one attached hydrogen (secondary N) is 2. The summed E-state index contributed by atoms with van der Waals surface area (Å²) < 4.78 is 15.6. The molecule has 0 atom stereocenters. The van der Waals surface area contributed by atoms with Gasteiger partial charge < -0.3 is 24.5 Å². The van der Waals surface area contributed by atoms with Crippen molar-refractivity contribution in [1.82, 2.24) is 10.6 Å². The summed E-state index contributed by atoms with van der Waals surface area (Å²) in [5, 5.41) is 6.46. The van der Waals surface area contributed by atoms with E-state index in [1.165, 1.54) is 7.11 Å². The average Bonchev–Trinajstić information content (AvgIpc) is 2.95. The van der Waals surface area contributed by atoms with Crippen LogP contribution in [0.3, 0.4) is 0 Å². The summed E-state index contributed by atoms with van der Waals surface area (Å²) in [4.78, 5) is 16.1. The number of esters is 1. The molecule has 0 fully saturated rings. The van der Waals surface area contributed by atoms with Gasteiger partial charge >= 0.3 is 5.97 Å². The number of methoxy groups -OCH3 is 1. The summed E-state index contributed by atoms with van der Waals surface area (Å²) in [6, 6.07) is 1.68. The van der Waals surface area contributed by atoms with Gasteiger partial charge in [0, 0.05) is 26.3 Å². The Bertz CT molecular complexity index is 526. The molecular weight excluding hydrogens is 310 g/mol. The molecule has 0 bridgehead atoms. The zero-order chi connectivity index (χ0) is 17.8. The lowest BCUT2D eigenvalue weighted by Gasteiger charge is -2.10. The Morgan fingerprint density at radius 3 is 2.75 bits per heavy atom. The Kier molecular flexibility index (Phi) is 9.60. The zero-order valence-electron chi connectivity index (χ0n) is 15.1. The van der Waals surface area contributed by atoms with Crippen LogP contribution in [0.1, 0.15) is 48.6 Å². The van der Waals surface area contributed by atoms with Crippen molar-refractivity contribution in [2.45, 2.75) is 40.2 Å². The van der Waals surface area contributed by atoms with E-state index in [1.54, 1.807) is 13.0 Å². The van der Waals surface area contributed by atoms with Gasteiger partial charge in [-0.15, -0.1) is 0 Å². The number of aryl methyl sites for hydroxylation is 1. The summed E-state index contributed by atoms with van der Waals surface area (Å²) in [5.41, 5.74) is 0.441. The molecule has 0 saturated carbocycles. The second-order valence-electron chi connectivity index (χ2n) is 5.20. The first-order chi connectivity index (χ1) is 11.6. The highest BCUT2D eigenvalue weighted by atomic mass is 16.5. The van der Waals surface area contributed by atoms with E-state index in [9.17, 15) is 4.79 Å². The molecule has 0 aliphatic heterocycles. The van der Waals surface area contributed by atoms with Gasteiger partial charge in [0.05, 0.1) is 7.11 Å². The van der Waals surface area contributed by atoms with Crippen LogP contribution in [0.25, 0.3) is 0 Å². The van der Waals surface area contributed by atoms with Crippen molar-refractivity contribution in [3.63, 3.8) is 0 Å². The second-order valence-corrected chi connectivity index (χ2v) is 5.20. The molecule has 0 radical (unpaired) electrons. The van der Waals surface area contributed by atoms with Crippen LogP contribution in [0.4, 0.5) is 0 Å². The smallest absolute Gasteiger partial charge is 0.341 e. The Labute approximate surface area is 143 Å². The molecule has 0 aromatic carbocycles. The fraction of sp³-hybridized carbons (Fsp3) is 0.647. The third-order valence-corrected chi connectivity index (χ3v) is 3.32. The first kappa shape index (κ1) is 20.0. The molecule has 0 unspecified atom stereocenters. The highest BCUT2D eigenvalue weighted by Crippen LogP contribution is 2.16. The SMILES string of the molecule is CCNC(=NCc1cc(C(=O)OC)c(C)o1)NCCCCOCC. The van der Waals surface area contributed by atoms with E-state index in [2.05, 4.69) is 15.6 Å².